The lowest BCUT2D eigenvalue weighted by atomic mass is 10.0. The number of hydrogen-bond donors (Lipinski definition) is 2. The number of carbonyl (C=O) groups excluding carboxylic acids is 3. The molecule has 9 nitrogen and oxygen atoms in total. The fraction of sp³-hybridized carbons (Fsp3) is 0.148. The second-order valence-electron chi connectivity index (χ2n) is 8.54. The molecule has 2 heterocycles. The Hall–Kier alpha value is -4.86. The van der Waals surface area contributed by atoms with Crippen molar-refractivity contribution in [2.75, 3.05) is 4.90 Å². The molecule has 3 aromatic carbocycles. The van der Waals surface area contributed by atoms with Crippen LogP contribution in [0.1, 0.15) is 23.2 Å². The zero-order chi connectivity index (χ0) is 25.9. The van der Waals surface area contributed by atoms with Gasteiger partial charge in [-0.25, -0.2) is 19.2 Å². The van der Waals surface area contributed by atoms with Gasteiger partial charge in [-0.05, 0) is 29.3 Å². The van der Waals surface area contributed by atoms with Gasteiger partial charge in [-0.1, -0.05) is 54.6 Å². The van der Waals surface area contributed by atoms with E-state index in [1.807, 2.05) is 6.07 Å². The van der Waals surface area contributed by atoms with Gasteiger partial charge in [-0.3, -0.25) is 14.4 Å². The number of ether oxygens (including phenoxy) is 1. The number of hydrogen-bond acceptors (Lipinski definition) is 6. The zero-order valence-electron chi connectivity index (χ0n) is 19.4. The maximum Gasteiger partial charge on any atom is 0.408 e. The van der Waals surface area contributed by atoms with Crippen LogP contribution in [0.3, 0.4) is 0 Å². The molecule has 0 radical (unpaired) electrons. The molecule has 0 aliphatic carbocycles. The summed E-state index contributed by atoms with van der Waals surface area (Å²) in [5, 5.41) is 10.1. The van der Waals surface area contributed by atoms with Gasteiger partial charge in [0.2, 0.25) is 5.91 Å². The number of alkyl carbamates (subject to hydrolysis) is 1. The normalized spacial score (nSPS) is 15.3. The Morgan fingerprint density at radius 3 is 2.51 bits per heavy atom. The number of H-pyrrole nitrogens is 1. The molecule has 4 aromatic rings. The summed E-state index contributed by atoms with van der Waals surface area (Å²) in [5.41, 5.74) is 1.33. The van der Waals surface area contributed by atoms with Gasteiger partial charge in [0.05, 0.1) is 23.2 Å². The van der Waals surface area contributed by atoms with Crippen molar-refractivity contribution in [2.45, 2.75) is 25.5 Å². The van der Waals surface area contributed by atoms with Crippen molar-refractivity contribution in [3.8, 4) is 0 Å². The van der Waals surface area contributed by atoms with E-state index in [-0.39, 0.29) is 30.7 Å². The number of aromatic amines is 1. The van der Waals surface area contributed by atoms with Gasteiger partial charge in [-0.15, -0.1) is 0 Å². The molecule has 37 heavy (non-hydrogen) atoms. The maximum atomic E-state index is 14.8. The molecule has 1 saturated heterocycles. The largest absolute Gasteiger partial charge is 0.445 e. The van der Waals surface area contributed by atoms with Crippen molar-refractivity contribution >= 4 is 34.4 Å². The number of benzene rings is 3. The number of amides is 3. The van der Waals surface area contributed by atoms with Crippen molar-refractivity contribution in [3.05, 3.63) is 106 Å². The number of imide groups is 1. The minimum Gasteiger partial charge on any atom is -0.445 e. The molecule has 0 unspecified atom stereocenters. The number of nitrogens with zero attached hydrogens (tertiary/aromatic N) is 2. The highest BCUT2D eigenvalue weighted by Crippen LogP contribution is 2.28. The lowest BCUT2D eigenvalue weighted by Crippen LogP contribution is -2.42. The van der Waals surface area contributed by atoms with Crippen molar-refractivity contribution in [1.82, 2.24) is 15.5 Å². The Balaban J connectivity index is 1.33. The van der Waals surface area contributed by atoms with E-state index >= 15 is 0 Å². The summed E-state index contributed by atoms with van der Waals surface area (Å²) in [6, 6.07) is 18.8. The average molecular weight is 500 g/mol. The quantitative estimate of drug-likeness (QED) is 0.392. The molecule has 1 fully saturated rings. The summed E-state index contributed by atoms with van der Waals surface area (Å²) >= 11 is 0. The van der Waals surface area contributed by atoms with Crippen molar-refractivity contribution in [1.29, 1.82) is 0 Å². The summed E-state index contributed by atoms with van der Waals surface area (Å²) in [5.74, 6) is -2.18. The van der Waals surface area contributed by atoms with Crippen LogP contribution in [0.4, 0.5) is 14.9 Å². The molecular weight excluding hydrogens is 479 g/mol. The van der Waals surface area contributed by atoms with Crippen LogP contribution in [0, 0.1) is 5.82 Å². The molecule has 2 N–H and O–H groups in total. The standard InChI is InChI=1S/C27H21FN4O5/c28-20-11-10-17(12-21-18-8-4-5-9-19(18)25(34)31-30-21)13-23(20)32-24(33)14-22(26(32)35)29-27(36)37-15-16-6-2-1-3-7-16/h1-11,13,22H,12,14-15H2,(H,29,36)(H,31,34)/t22-/m0/s1. The van der Waals surface area contributed by atoms with Crippen LogP contribution in [0.15, 0.2) is 77.6 Å². The summed E-state index contributed by atoms with van der Waals surface area (Å²) in [4.78, 5) is 50.7. The summed E-state index contributed by atoms with van der Waals surface area (Å²) in [6.45, 7) is -0.00458. The van der Waals surface area contributed by atoms with Gasteiger partial charge in [0, 0.05) is 11.8 Å². The lowest BCUT2D eigenvalue weighted by molar-refractivity contribution is -0.121. The summed E-state index contributed by atoms with van der Waals surface area (Å²) in [6.07, 6.45) is -0.967. The third-order valence-corrected chi connectivity index (χ3v) is 6.05. The molecule has 0 spiro atoms. The zero-order valence-corrected chi connectivity index (χ0v) is 19.4. The van der Waals surface area contributed by atoms with E-state index in [0.717, 1.165) is 16.5 Å². The minimum atomic E-state index is -1.18. The molecule has 1 aromatic heterocycles. The Bertz CT molecular complexity index is 1570. The number of halogens is 1. The van der Waals surface area contributed by atoms with Crippen LogP contribution < -0.4 is 15.8 Å². The van der Waals surface area contributed by atoms with Gasteiger partial charge in [0.1, 0.15) is 18.5 Å². The number of anilines is 1. The summed E-state index contributed by atoms with van der Waals surface area (Å²) in [7, 11) is 0. The molecule has 0 bridgehead atoms. The number of aromatic nitrogens is 2. The van der Waals surface area contributed by atoms with Crippen LogP contribution in [0.5, 0.6) is 0 Å². The van der Waals surface area contributed by atoms with E-state index in [9.17, 15) is 23.6 Å². The molecule has 1 aliphatic rings. The second-order valence-corrected chi connectivity index (χ2v) is 8.54. The minimum absolute atomic E-state index is 0.00458. The summed E-state index contributed by atoms with van der Waals surface area (Å²) < 4.78 is 19.9. The fourth-order valence-electron chi connectivity index (χ4n) is 4.24. The molecule has 0 saturated carbocycles. The predicted octanol–water partition coefficient (Wildman–Crippen LogP) is 3.21. The second kappa shape index (κ2) is 10.0. The van der Waals surface area contributed by atoms with Gasteiger partial charge >= 0.3 is 6.09 Å². The van der Waals surface area contributed by atoms with E-state index in [1.54, 1.807) is 48.5 Å². The van der Waals surface area contributed by atoms with E-state index in [0.29, 0.717) is 22.0 Å². The number of carbonyl (C=O) groups is 3. The van der Waals surface area contributed by atoms with Crippen molar-refractivity contribution < 1.29 is 23.5 Å². The first-order valence-electron chi connectivity index (χ1n) is 11.5. The fourth-order valence-corrected chi connectivity index (χ4v) is 4.24. The van der Waals surface area contributed by atoms with E-state index in [1.165, 1.54) is 12.1 Å². The van der Waals surface area contributed by atoms with Crippen LogP contribution >= 0.6 is 0 Å². The Kier molecular flexibility index (Phi) is 6.46. The average Bonchev–Trinajstić information content (AvgIpc) is 3.18. The van der Waals surface area contributed by atoms with Crippen LogP contribution in [-0.2, 0) is 27.4 Å². The van der Waals surface area contributed by atoms with E-state index < -0.39 is 29.8 Å². The first-order valence-corrected chi connectivity index (χ1v) is 11.5. The Morgan fingerprint density at radius 1 is 1.00 bits per heavy atom. The van der Waals surface area contributed by atoms with Gasteiger partial charge in [0.15, 0.2) is 0 Å². The first-order chi connectivity index (χ1) is 17.9. The predicted molar refractivity (Wildman–Crippen MR) is 132 cm³/mol. The first kappa shape index (κ1) is 23.9. The van der Waals surface area contributed by atoms with Crippen molar-refractivity contribution in [2.24, 2.45) is 0 Å². The highest BCUT2D eigenvalue weighted by Gasteiger charge is 2.41. The van der Waals surface area contributed by atoms with Crippen molar-refractivity contribution in [3.63, 3.8) is 0 Å². The molecule has 3 amide bonds. The van der Waals surface area contributed by atoms with Crippen LogP contribution in [-0.4, -0.2) is 34.1 Å². The van der Waals surface area contributed by atoms with Crippen LogP contribution in [0.25, 0.3) is 10.8 Å². The molecule has 5 rings (SSSR count). The highest BCUT2D eigenvalue weighted by molar-refractivity contribution is 6.23. The van der Waals surface area contributed by atoms with Gasteiger partial charge < -0.3 is 10.1 Å². The third-order valence-electron chi connectivity index (χ3n) is 6.05. The topological polar surface area (TPSA) is 121 Å². The molecular formula is C27H21FN4O5. The SMILES string of the molecule is O=C(N[C@H]1CC(=O)N(c2cc(Cc3n[nH]c(=O)c4ccccc34)ccc2F)C1=O)OCc1ccccc1. The van der Waals surface area contributed by atoms with Gasteiger partial charge in [-0.2, -0.15) is 5.10 Å². The number of fused-ring (bicyclic) bond motifs is 1. The Labute approximate surface area is 209 Å². The monoisotopic (exact) mass is 500 g/mol. The number of rotatable bonds is 6. The molecule has 186 valence electrons. The lowest BCUT2D eigenvalue weighted by Gasteiger charge is -2.17. The molecule has 1 atom stereocenters. The van der Waals surface area contributed by atoms with E-state index in [4.69, 9.17) is 4.74 Å². The van der Waals surface area contributed by atoms with Gasteiger partial charge in [0.25, 0.3) is 11.5 Å². The highest BCUT2D eigenvalue weighted by atomic mass is 19.1. The number of nitrogens with one attached hydrogen (secondary N) is 2. The Morgan fingerprint density at radius 2 is 1.73 bits per heavy atom. The third kappa shape index (κ3) is 4.94. The smallest absolute Gasteiger partial charge is 0.408 e. The van der Waals surface area contributed by atoms with Crippen LogP contribution in [0.2, 0.25) is 0 Å². The maximum absolute atomic E-state index is 14.8. The van der Waals surface area contributed by atoms with E-state index in [2.05, 4.69) is 15.5 Å². The molecule has 1 aliphatic heterocycles. The molecule has 10 heteroatoms.